The van der Waals surface area contributed by atoms with Gasteiger partial charge in [0.25, 0.3) is 11.8 Å². The van der Waals surface area contributed by atoms with Crippen LogP contribution in [0.5, 0.6) is 0 Å². The van der Waals surface area contributed by atoms with E-state index in [1.807, 2.05) is 0 Å². The molecule has 2 atom stereocenters. The average Bonchev–Trinajstić information content (AvgIpc) is 3.43. The van der Waals surface area contributed by atoms with Gasteiger partial charge in [-0.05, 0) is 13.8 Å². The van der Waals surface area contributed by atoms with Crippen LogP contribution in [0.15, 0.2) is 16.9 Å². The fraction of sp³-hybridized carbons (Fsp3) is 0.412. The second-order valence-electron chi connectivity index (χ2n) is 8.17. The predicted octanol–water partition coefficient (Wildman–Crippen LogP) is -2.92. The van der Waals surface area contributed by atoms with Gasteiger partial charge in [-0.1, -0.05) is 5.16 Å². The Balaban J connectivity index is 1.89. The first kappa shape index (κ1) is 28.2. The molecule has 1 unspecified atom stereocenters. The number of hydrogen-bond acceptors (Lipinski definition) is 13. The van der Waals surface area contributed by atoms with Crippen molar-refractivity contribution in [2.45, 2.75) is 44.6 Å². The van der Waals surface area contributed by atoms with Crippen molar-refractivity contribution in [3.05, 3.63) is 23.2 Å². The number of nitrogen functional groups attached to an aromatic ring is 1. The lowest BCUT2D eigenvalue weighted by atomic mass is 9.98. The Morgan fingerprint density at radius 1 is 1.39 bits per heavy atom. The van der Waals surface area contributed by atoms with Crippen LogP contribution in [0, 0.1) is 5.41 Å². The minimum Gasteiger partial charge on any atom is -0.478 e. The van der Waals surface area contributed by atoms with Gasteiger partial charge in [-0.3, -0.25) is 19.6 Å². The molecule has 3 rings (SSSR count). The molecule has 38 heavy (non-hydrogen) atoms. The van der Waals surface area contributed by atoms with Crippen molar-refractivity contribution < 1.29 is 37.3 Å². The number of β-lactam (4-membered cyclic amide) rings is 1. The maximum atomic E-state index is 13.1. The molecule has 0 aliphatic carbocycles. The van der Waals surface area contributed by atoms with Gasteiger partial charge in [-0.25, -0.2) is 23.7 Å². The third-order valence-corrected chi connectivity index (χ3v) is 6.68. The van der Waals surface area contributed by atoms with Crippen LogP contribution in [0.3, 0.4) is 0 Å². The second kappa shape index (κ2) is 10.5. The topological polar surface area (TPSA) is 294 Å². The molecule has 2 aromatic heterocycles. The van der Waals surface area contributed by atoms with Gasteiger partial charge in [0.05, 0.1) is 19.1 Å². The normalized spacial score (nSPS) is 18.0. The highest BCUT2D eigenvalue weighted by molar-refractivity contribution is 7.84. The van der Waals surface area contributed by atoms with Gasteiger partial charge < -0.3 is 32.0 Å². The average molecular weight is 574 g/mol. The maximum absolute atomic E-state index is 13.1. The van der Waals surface area contributed by atoms with Gasteiger partial charge >= 0.3 is 16.3 Å². The molecule has 0 radical (unpaired) electrons. The highest BCUT2D eigenvalue weighted by Gasteiger charge is 2.54. The van der Waals surface area contributed by atoms with Gasteiger partial charge in [0, 0.05) is 5.38 Å². The number of guanidine groups is 1. The van der Waals surface area contributed by atoms with Crippen LogP contribution in [0.4, 0.5) is 5.13 Å². The zero-order valence-corrected chi connectivity index (χ0v) is 21.4. The molecule has 1 fully saturated rings. The number of thiazole rings is 1. The Bertz CT molecular complexity index is 1400. The third-order valence-electron chi connectivity index (χ3n) is 5.06. The Kier molecular flexibility index (Phi) is 7.83. The number of aromatic nitrogens is 4. The predicted molar refractivity (Wildman–Crippen MR) is 129 cm³/mol. The summed E-state index contributed by atoms with van der Waals surface area (Å²) >= 11 is 0.942. The van der Waals surface area contributed by atoms with E-state index in [0.29, 0.717) is 0 Å². The quantitative estimate of drug-likeness (QED) is 0.0466. The van der Waals surface area contributed by atoms with Crippen LogP contribution in [0.2, 0.25) is 0 Å². The van der Waals surface area contributed by atoms with E-state index in [-0.39, 0.29) is 40.0 Å². The number of nitrogens with one attached hydrogen (secondary N) is 3. The molecule has 2 aromatic rings. The molecule has 21 heteroatoms. The zero-order chi connectivity index (χ0) is 28.4. The second-order valence-corrected chi connectivity index (χ2v) is 10.4. The summed E-state index contributed by atoms with van der Waals surface area (Å²) in [6, 6.07) is -2.87. The van der Waals surface area contributed by atoms with Crippen molar-refractivity contribution in [3.8, 4) is 0 Å². The molecular formula is C17H23N11O8S2. The van der Waals surface area contributed by atoms with E-state index in [1.54, 1.807) is 0 Å². The summed E-state index contributed by atoms with van der Waals surface area (Å²) in [5.74, 6) is -3.81. The summed E-state index contributed by atoms with van der Waals surface area (Å²) in [6.07, 6.45) is 1.13. The third kappa shape index (κ3) is 6.12. The number of oxime groups is 1. The lowest BCUT2D eigenvalue weighted by Crippen LogP contribution is -2.73. The molecule has 19 nitrogen and oxygen atoms in total. The van der Waals surface area contributed by atoms with E-state index in [4.69, 9.17) is 21.7 Å². The Morgan fingerprint density at radius 3 is 2.63 bits per heavy atom. The van der Waals surface area contributed by atoms with Crippen LogP contribution >= 0.6 is 11.3 Å². The lowest BCUT2D eigenvalue weighted by Gasteiger charge is -2.44. The monoisotopic (exact) mass is 573 g/mol. The molecule has 206 valence electrons. The molecule has 1 aliphatic heterocycles. The standard InChI is InChI=1S/C17H23N11O8S2/c1-17(2,14(31)32)36-26-10(7-5-37-16(20)24-7)12(29)25-11-8(28(13(11)30)38(33,34)35)4-27-9(22-6-23-27)3-21-15(18)19/h5-6,8,11H,3-4H2,1-2H3,(H2,20,24)(H,25,29)(H,31,32)(H4,18,19,21)(H,33,34,35)/b26-10-/t8-,11?/m0/s1. The number of carboxylic acid groups (broad SMARTS) is 1. The summed E-state index contributed by atoms with van der Waals surface area (Å²) in [5.41, 5.74) is 8.38. The molecule has 3 heterocycles. The van der Waals surface area contributed by atoms with Gasteiger partial charge in [-0.2, -0.15) is 13.5 Å². The Hall–Kier alpha value is -4.37. The molecule has 1 saturated heterocycles. The number of carboxylic acids is 1. The SMILES string of the molecule is CC(C)(O/N=C(\C(=O)NC1C(=O)N(S(=O)(=O)O)[C@H]1Cn1ncnc1CNC(=N)N)c1csc(N)n1)C(=O)O. The highest BCUT2D eigenvalue weighted by Crippen LogP contribution is 2.26. The fourth-order valence-electron chi connectivity index (χ4n) is 3.08. The minimum atomic E-state index is -5.03. The number of carbonyl (C=O) groups is 3. The van der Waals surface area contributed by atoms with Crippen molar-refractivity contribution in [2.24, 2.45) is 10.9 Å². The van der Waals surface area contributed by atoms with E-state index in [0.717, 1.165) is 17.7 Å². The smallest absolute Gasteiger partial charge is 0.362 e. The van der Waals surface area contributed by atoms with Crippen LogP contribution < -0.4 is 22.1 Å². The number of nitrogens with two attached hydrogens (primary N) is 2. The summed E-state index contributed by atoms with van der Waals surface area (Å²) in [5, 5.41) is 30.2. The van der Waals surface area contributed by atoms with Crippen LogP contribution in [-0.4, -0.2) is 89.3 Å². The van der Waals surface area contributed by atoms with Crippen molar-refractivity contribution >= 4 is 56.2 Å². The van der Waals surface area contributed by atoms with E-state index in [1.165, 1.54) is 23.9 Å². The van der Waals surface area contributed by atoms with Gasteiger partial charge in [0.2, 0.25) is 5.60 Å². The molecule has 0 bridgehead atoms. The van der Waals surface area contributed by atoms with Crippen LogP contribution in [-0.2, 0) is 42.6 Å². The lowest BCUT2D eigenvalue weighted by molar-refractivity contribution is -0.161. The van der Waals surface area contributed by atoms with E-state index >= 15 is 0 Å². The number of nitrogens with zero attached hydrogens (tertiary/aromatic N) is 6. The van der Waals surface area contributed by atoms with E-state index in [2.05, 4.69) is 30.9 Å². The van der Waals surface area contributed by atoms with Crippen molar-refractivity contribution in [1.82, 2.24) is 34.7 Å². The van der Waals surface area contributed by atoms with Gasteiger partial charge in [0.1, 0.15) is 23.9 Å². The number of anilines is 1. The van der Waals surface area contributed by atoms with Crippen LogP contribution in [0.1, 0.15) is 25.4 Å². The van der Waals surface area contributed by atoms with Crippen molar-refractivity contribution in [1.29, 1.82) is 5.41 Å². The highest BCUT2D eigenvalue weighted by atomic mass is 32.2. The number of rotatable bonds is 11. The van der Waals surface area contributed by atoms with E-state index in [9.17, 15) is 32.5 Å². The Labute approximate surface area is 218 Å². The Morgan fingerprint density at radius 2 is 2.08 bits per heavy atom. The first-order chi connectivity index (χ1) is 17.6. The zero-order valence-electron chi connectivity index (χ0n) is 19.7. The molecule has 0 spiro atoms. The number of aliphatic carboxylic acids is 1. The van der Waals surface area contributed by atoms with Gasteiger partial charge in [0.15, 0.2) is 16.8 Å². The largest absolute Gasteiger partial charge is 0.478 e. The number of hydrogen-bond donors (Lipinski definition) is 7. The molecule has 2 amide bonds. The first-order valence-electron chi connectivity index (χ1n) is 10.4. The fourth-order valence-corrected chi connectivity index (χ4v) is 4.50. The minimum absolute atomic E-state index is 0.0472. The molecule has 0 aromatic carbocycles. The van der Waals surface area contributed by atoms with Gasteiger partial charge in [-0.15, -0.1) is 11.3 Å². The van der Waals surface area contributed by atoms with E-state index < -0.39 is 51.5 Å². The number of carbonyl (C=O) groups excluding carboxylic acids is 2. The molecular weight excluding hydrogens is 550 g/mol. The van der Waals surface area contributed by atoms with Crippen molar-refractivity contribution in [3.63, 3.8) is 0 Å². The molecule has 0 saturated carbocycles. The summed E-state index contributed by atoms with van der Waals surface area (Å²) in [6.45, 7) is 1.92. The van der Waals surface area contributed by atoms with Crippen LogP contribution in [0.25, 0.3) is 0 Å². The number of amides is 2. The summed E-state index contributed by atoms with van der Waals surface area (Å²) < 4.78 is 34.6. The maximum Gasteiger partial charge on any atom is 0.362 e. The molecule has 1 aliphatic rings. The van der Waals surface area contributed by atoms with Crippen molar-refractivity contribution in [2.75, 3.05) is 5.73 Å². The summed E-state index contributed by atoms with van der Waals surface area (Å²) in [7, 11) is -5.03. The first-order valence-corrected chi connectivity index (χ1v) is 12.7. The summed E-state index contributed by atoms with van der Waals surface area (Å²) in [4.78, 5) is 50.0. The molecule has 9 N–H and O–H groups in total.